The van der Waals surface area contributed by atoms with Crippen LogP contribution in [-0.4, -0.2) is 54.9 Å². The molecule has 3 N–H and O–H groups in total. The van der Waals surface area contributed by atoms with Crippen LogP contribution in [0.4, 0.5) is 5.69 Å². The zero-order valence-corrected chi connectivity index (χ0v) is 24.1. The summed E-state index contributed by atoms with van der Waals surface area (Å²) in [4.78, 5) is 7.27. The molecular weight excluding hydrogens is 532 g/mol. The molecule has 0 fully saturated rings. The number of nitrogens with two attached hydrogens (primary N) is 1. The number of fused-ring (bicyclic) bond motifs is 1. The third kappa shape index (κ3) is 6.43. The summed E-state index contributed by atoms with van der Waals surface area (Å²) in [6.45, 7) is 6.74. The van der Waals surface area contributed by atoms with Crippen LogP contribution in [-0.2, 0) is 29.9 Å². The van der Waals surface area contributed by atoms with Gasteiger partial charge in [-0.15, -0.1) is 0 Å². The number of benzene rings is 3. The summed E-state index contributed by atoms with van der Waals surface area (Å²) in [7, 11) is -1.84. The fourth-order valence-corrected chi connectivity index (χ4v) is 6.19. The lowest BCUT2D eigenvalue weighted by atomic mass is 10.1. The van der Waals surface area contributed by atoms with E-state index in [1.54, 1.807) is 24.3 Å². The average molecular weight is 567 g/mol. The Hall–Kier alpha value is -3.40. The van der Waals surface area contributed by atoms with Crippen molar-refractivity contribution in [1.82, 2.24) is 14.5 Å². The maximum atomic E-state index is 13.8. The van der Waals surface area contributed by atoms with Gasteiger partial charge >= 0.3 is 0 Å². The van der Waals surface area contributed by atoms with Gasteiger partial charge in [0.1, 0.15) is 11.7 Å². The predicted molar refractivity (Wildman–Crippen MR) is 159 cm³/mol. The van der Waals surface area contributed by atoms with Crippen LogP contribution in [0, 0.1) is 5.41 Å². The fourth-order valence-electron chi connectivity index (χ4n) is 4.62. The van der Waals surface area contributed by atoms with Gasteiger partial charge in [0.25, 0.3) is 10.0 Å². The fraction of sp³-hybridized carbons (Fsp3) is 0.310. The summed E-state index contributed by atoms with van der Waals surface area (Å²) in [5, 5.41) is 8.05. The lowest BCUT2D eigenvalue weighted by Crippen LogP contribution is -2.38. The van der Waals surface area contributed by atoms with E-state index in [-0.39, 0.29) is 10.7 Å². The Morgan fingerprint density at radius 1 is 0.974 bits per heavy atom. The maximum Gasteiger partial charge on any atom is 0.264 e. The number of sulfonamides is 1. The van der Waals surface area contributed by atoms with Gasteiger partial charge in [-0.1, -0.05) is 49.7 Å². The number of imidazole rings is 1. The van der Waals surface area contributed by atoms with E-state index in [2.05, 4.69) is 23.3 Å². The molecule has 1 heterocycles. The van der Waals surface area contributed by atoms with Crippen molar-refractivity contribution in [3.63, 3.8) is 0 Å². The molecule has 4 rings (SSSR count). The Labute approximate surface area is 235 Å². The van der Waals surface area contributed by atoms with E-state index >= 15 is 0 Å². The molecule has 8 nitrogen and oxygen atoms in total. The first-order chi connectivity index (χ1) is 18.6. The lowest BCUT2D eigenvalue weighted by Gasteiger charge is -2.27. The van der Waals surface area contributed by atoms with Crippen LogP contribution in [0.15, 0.2) is 71.6 Å². The molecule has 0 atom stereocenters. The van der Waals surface area contributed by atoms with E-state index < -0.39 is 10.0 Å². The Balaban J connectivity index is 1.64. The highest BCUT2D eigenvalue weighted by Gasteiger charge is 2.26. The minimum atomic E-state index is -3.82. The molecule has 0 aliphatic rings. The molecule has 0 saturated heterocycles. The molecule has 0 bridgehead atoms. The smallest absolute Gasteiger partial charge is 0.264 e. The third-order valence-corrected chi connectivity index (χ3v) is 9.16. The number of nitrogens with zero attached hydrogens (tertiary/aromatic N) is 4. The van der Waals surface area contributed by atoms with Crippen molar-refractivity contribution < 1.29 is 8.42 Å². The van der Waals surface area contributed by atoms with Crippen LogP contribution >= 0.6 is 11.6 Å². The molecule has 206 valence electrons. The lowest BCUT2D eigenvalue weighted by molar-refractivity contribution is 0.313. The minimum absolute atomic E-state index is 0.0527. The van der Waals surface area contributed by atoms with E-state index in [4.69, 9.17) is 27.7 Å². The quantitative estimate of drug-likeness (QED) is 0.188. The molecule has 3 aromatic carbocycles. The van der Waals surface area contributed by atoms with Crippen LogP contribution in [0.5, 0.6) is 0 Å². The number of halogens is 1. The van der Waals surface area contributed by atoms with Crippen molar-refractivity contribution >= 4 is 44.2 Å². The molecule has 1 aromatic heterocycles. The number of nitrogen functional groups attached to an aromatic ring is 1. The van der Waals surface area contributed by atoms with Crippen molar-refractivity contribution in [1.29, 1.82) is 5.41 Å². The number of hydrogen-bond donors (Lipinski definition) is 2. The molecule has 0 aliphatic carbocycles. The second kappa shape index (κ2) is 12.2. The van der Waals surface area contributed by atoms with Crippen molar-refractivity contribution in [2.45, 2.75) is 31.6 Å². The monoisotopic (exact) mass is 566 g/mol. The van der Waals surface area contributed by atoms with Crippen molar-refractivity contribution in [3.8, 4) is 0 Å². The predicted octanol–water partition coefficient (Wildman–Crippen LogP) is 4.83. The van der Waals surface area contributed by atoms with E-state index in [1.165, 1.54) is 4.31 Å². The van der Waals surface area contributed by atoms with Gasteiger partial charge in [-0.25, -0.2) is 13.4 Å². The molecule has 0 saturated carbocycles. The van der Waals surface area contributed by atoms with Crippen LogP contribution in [0.1, 0.15) is 30.8 Å². The molecule has 0 radical (unpaired) electrons. The number of hydrogen-bond acceptors (Lipinski definition) is 5. The van der Waals surface area contributed by atoms with Gasteiger partial charge in [0.05, 0.1) is 21.6 Å². The van der Waals surface area contributed by atoms with Gasteiger partial charge in [-0.2, -0.15) is 0 Å². The van der Waals surface area contributed by atoms with Crippen LogP contribution in [0.2, 0.25) is 5.02 Å². The topological polar surface area (TPSA) is 108 Å². The van der Waals surface area contributed by atoms with Crippen molar-refractivity contribution in [2.75, 3.05) is 30.5 Å². The van der Waals surface area contributed by atoms with Gasteiger partial charge in [0.2, 0.25) is 0 Å². The molecule has 4 aromatic rings. The Morgan fingerprint density at radius 3 is 2.26 bits per heavy atom. The third-order valence-electron chi connectivity index (χ3n) is 7.06. The summed E-state index contributed by atoms with van der Waals surface area (Å²) in [6.07, 6.45) is 1.50. The Morgan fingerprint density at radius 2 is 1.64 bits per heavy atom. The first-order valence-electron chi connectivity index (χ1n) is 13.0. The molecule has 0 aliphatic heterocycles. The number of rotatable bonds is 12. The number of likely N-dealkylation sites (N-methyl/N-ethyl adjacent to an activating group) is 1. The number of nitrogens with one attached hydrogen (secondary N) is 1. The molecular formula is C29H35ClN6O2S. The van der Waals surface area contributed by atoms with Crippen molar-refractivity contribution in [2.24, 2.45) is 12.8 Å². The van der Waals surface area contributed by atoms with Gasteiger partial charge in [-0.3, -0.25) is 9.71 Å². The highest BCUT2D eigenvalue weighted by molar-refractivity contribution is 7.92. The summed E-state index contributed by atoms with van der Waals surface area (Å²) in [5.74, 6) is 0.963. The SMILES string of the molecule is CCN(CC)CCN(c1ccc2c(c1)nc(CCc1ccc(C(=N)N)cc1)n2C)S(=O)(=O)c1ccc(Cl)cc1. The van der Waals surface area contributed by atoms with E-state index in [1.807, 2.05) is 49.5 Å². The second-order valence-corrected chi connectivity index (χ2v) is 11.7. The molecule has 10 heteroatoms. The normalized spacial score (nSPS) is 11.8. The van der Waals surface area contributed by atoms with Gasteiger partial charge in [0.15, 0.2) is 0 Å². The summed E-state index contributed by atoms with van der Waals surface area (Å²) in [6, 6.07) is 19.6. The number of amidine groups is 1. The zero-order chi connectivity index (χ0) is 28.2. The van der Waals surface area contributed by atoms with Crippen molar-refractivity contribution in [3.05, 3.63) is 88.7 Å². The molecule has 0 unspecified atom stereocenters. The van der Waals surface area contributed by atoms with E-state index in [0.717, 1.165) is 41.9 Å². The molecule has 39 heavy (non-hydrogen) atoms. The second-order valence-electron chi connectivity index (χ2n) is 9.43. The summed E-state index contributed by atoms with van der Waals surface area (Å²) < 4.78 is 31.1. The Kier molecular flexibility index (Phi) is 8.94. The highest BCUT2D eigenvalue weighted by atomic mass is 35.5. The minimum Gasteiger partial charge on any atom is -0.384 e. The largest absolute Gasteiger partial charge is 0.384 e. The zero-order valence-electron chi connectivity index (χ0n) is 22.6. The van der Waals surface area contributed by atoms with E-state index in [0.29, 0.717) is 35.8 Å². The number of aryl methyl sites for hydroxylation is 3. The molecule has 0 amide bonds. The highest BCUT2D eigenvalue weighted by Crippen LogP contribution is 2.28. The van der Waals surface area contributed by atoms with Gasteiger partial charge < -0.3 is 15.2 Å². The first-order valence-corrected chi connectivity index (χ1v) is 14.8. The first kappa shape index (κ1) is 28.6. The van der Waals surface area contributed by atoms with E-state index in [9.17, 15) is 8.42 Å². The number of aromatic nitrogens is 2. The Bertz CT molecular complexity index is 1550. The van der Waals surface area contributed by atoms with Gasteiger partial charge in [0, 0.05) is 37.1 Å². The summed E-state index contributed by atoms with van der Waals surface area (Å²) in [5.41, 5.74) is 9.65. The standard InChI is InChI=1S/C29H35ClN6O2S/c1-4-35(5-2)18-19-36(39(37,38)25-14-11-23(30)12-15-25)24-13-16-27-26(20-24)33-28(34(27)3)17-8-21-6-9-22(10-7-21)29(31)32/h6-7,9-16,20H,4-5,8,17-19H2,1-3H3,(H3,31,32). The maximum absolute atomic E-state index is 13.8. The number of anilines is 1. The summed E-state index contributed by atoms with van der Waals surface area (Å²) >= 11 is 6.03. The van der Waals surface area contributed by atoms with Crippen LogP contribution in [0.25, 0.3) is 11.0 Å². The van der Waals surface area contributed by atoms with Crippen LogP contribution < -0.4 is 10.0 Å². The van der Waals surface area contributed by atoms with Crippen LogP contribution in [0.3, 0.4) is 0 Å². The average Bonchev–Trinajstić information content (AvgIpc) is 3.24. The van der Waals surface area contributed by atoms with Gasteiger partial charge in [-0.05, 0) is 67.5 Å². The molecule has 0 spiro atoms.